The third kappa shape index (κ3) is 9.11. The number of carbonyl (C=O) groups excluding carboxylic acids is 2. The third-order valence-corrected chi connectivity index (χ3v) is 8.25. The summed E-state index contributed by atoms with van der Waals surface area (Å²) in [6, 6.07) is 30.6. The highest BCUT2D eigenvalue weighted by atomic mass is 16.5. The van der Waals surface area contributed by atoms with Crippen molar-refractivity contribution in [2.75, 3.05) is 0 Å². The SMILES string of the molecule is Cc1ccc(C(=O)C(C)n2cc[n+](CC(OCc3ccc(C)c(C)c3)c3ccccc3C(C)C)c2)cc1.O=C([O-])c1ccccc1. The Hall–Kier alpha value is -4.81. The van der Waals surface area contributed by atoms with Crippen molar-refractivity contribution < 1.29 is 24.0 Å². The van der Waals surface area contributed by atoms with Crippen molar-refractivity contribution in [2.45, 2.75) is 72.8 Å². The van der Waals surface area contributed by atoms with E-state index < -0.39 is 5.97 Å². The van der Waals surface area contributed by atoms with E-state index in [-0.39, 0.29) is 23.5 Å². The van der Waals surface area contributed by atoms with Gasteiger partial charge in [-0.1, -0.05) is 116 Å². The van der Waals surface area contributed by atoms with Crippen LogP contribution >= 0.6 is 0 Å². The molecule has 2 atom stereocenters. The topological polar surface area (TPSA) is 75.2 Å². The molecular weight excluding hydrogens is 572 g/mol. The molecule has 0 amide bonds. The Bertz CT molecular complexity index is 1740. The van der Waals surface area contributed by atoms with Gasteiger partial charge in [0.1, 0.15) is 25.0 Å². The number of imidazole rings is 1. The van der Waals surface area contributed by atoms with E-state index in [2.05, 4.69) is 74.7 Å². The maximum absolute atomic E-state index is 13.1. The molecule has 6 nitrogen and oxygen atoms in total. The second-order valence-electron chi connectivity index (χ2n) is 12.1. The number of hydrogen-bond donors (Lipinski definition) is 0. The molecule has 46 heavy (non-hydrogen) atoms. The van der Waals surface area contributed by atoms with Gasteiger partial charge in [0.2, 0.25) is 12.1 Å². The molecule has 6 heteroatoms. The number of aryl methyl sites for hydroxylation is 3. The molecule has 0 aliphatic carbocycles. The van der Waals surface area contributed by atoms with Crippen LogP contribution in [0.3, 0.4) is 0 Å². The zero-order valence-electron chi connectivity index (χ0n) is 27.6. The number of aromatic carboxylic acids is 1. The lowest BCUT2D eigenvalue weighted by atomic mass is 9.94. The van der Waals surface area contributed by atoms with Crippen LogP contribution in [0.2, 0.25) is 0 Å². The van der Waals surface area contributed by atoms with Gasteiger partial charge in [-0.3, -0.25) is 4.79 Å². The van der Waals surface area contributed by atoms with Crippen molar-refractivity contribution in [1.29, 1.82) is 0 Å². The van der Waals surface area contributed by atoms with E-state index >= 15 is 0 Å². The van der Waals surface area contributed by atoms with Gasteiger partial charge in [0, 0.05) is 5.56 Å². The molecule has 1 heterocycles. The highest BCUT2D eigenvalue weighted by Crippen LogP contribution is 2.29. The van der Waals surface area contributed by atoms with Crippen LogP contribution in [-0.2, 0) is 17.9 Å². The first-order valence-corrected chi connectivity index (χ1v) is 15.7. The number of aromatic nitrogens is 2. The predicted molar refractivity (Wildman–Crippen MR) is 180 cm³/mol. The molecule has 0 aliphatic rings. The van der Waals surface area contributed by atoms with Gasteiger partial charge in [0.15, 0.2) is 6.04 Å². The van der Waals surface area contributed by atoms with Crippen molar-refractivity contribution in [1.82, 2.24) is 4.57 Å². The molecule has 238 valence electrons. The molecule has 5 rings (SSSR count). The summed E-state index contributed by atoms with van der Waals surface area (Å²) in [7, 11) is 0. The first-order valence-electron chi connectivity index (χ1n) is 15.7. The van der Waals surface area contributed by atoms with Gasteiger partial charge in [0.25, 0.3) is 0 Å². The van der Waals surface area contributed by atoms with E-state index in [1.54, 1.807) is 18.2 Å². The smallest absolute Gasteiger partial charge is 0.244 e. The van der Waals surface area contributed by atoms with Crippen molar-refractivity contribution in [3.8, 4) is 0 Å². The van der Waals surface area contributed by atoms with Gasteiger partial charge >= 0.3 is 0 Å². The summed E-state index contributed by atoms with van der Waals surface area (Å²) in [6.07, 6.45) is 5.90. The number of Topliss-reactive ketones (excluding diaryl/α,β-unsaturated/α-hetero) is 1. The minimum Gasteiger partial charge on any atom is -0.545 e. The number of nitrogens with zero attached hydrogens (tertiary/aromatic N) is 2. The first-order chi connectivity index (χ1) is 22.0. The van der Waals surface area contributed by atoms with Crippen LogP contribution in [0.4, 0.5) is 0 Å². The lowest BCUT2D eigenvalue weighted by molar-refractivity contribution is -0.705. The lowest BCUT2D eigenvalue weighted by Gasteiger charge is -2.22. The Kier molecular flexibility index (Phi) is 11.8. The fraction of sp³-hybridized carbons (Fsp3) is 0.275. The molecule has 5 aromatic rings. The number of ether oxygens (including phenoxy) is 1. The van der Waals surface area contributed by atoms with Gasteiger partial charge in [0.05, 0.1) is 12.6 Å². The molecule has 1 aromatic heterocycles. The van der Waals surface area contributed by atoms with Crippen LogP contribution in [0, 0.1) is 20.8 Å². The molecule has 0 saturated carbocycles. The normalized spacial score (nSPS) is 12.2. The zero-order chi connectivity index (χ0) is 33.2. The predicted octanol–water partition coefficient (Wildman–Crippen LogP) is 7.28. The zero-order valence-corrected chi connectivity index (χ0v) is 27.6. The van der Waals surface area contributed by atoms with E-state index in [9.17, 15) is 14.7 Å². The monoisotopic (exact) mass is 616 g/mol. The van der Waals surface area contributed by atoms with Gasteiger partial charge in [-0.25, -0.2) is 9.13 Å². The highest BCUT2D eigenvalue weighted by Gasteiger charge is 2.24. The number of ketones is 1. The fourth-order valence-corrected chi connectivity index (χ4v) is 5.27. The molecule has 0 N–H and O–H groups in total. The standard InChI is InChI=1S/C33H39N2O2.C7H6O2/c1-23(2)30-9-7-8-10-31(30)32(37-21-28-14-13-25(4)26(5)19-28)20-34-17-18-35(22-34)27(6)33(36)29-15-11-24(3)12-16-29;8-7(9)6-4-2-1-3-5-6/h7-19,22-23,27,32H,20-21H2,1-6H3;1-5H,(H,8,9)/q+1;/p-1. The summed E-state index contributed by atoms with van der Waals surface area (Å²) in [4.78, 5) is 23.2. The minimum absolute atomic E-state index is 0.107. The Morgan fingerprint density at radius 3 is 2.04 bits per heavy atom. The highest BCUT2D eigenvalue weighted by molar-refractivity contribution is 5.98. The Balaban J connectivity index is 0.000000459. The fourth-order valence-electron chi connectivity index (χ4n) is 5.27. The summed E-state index contributed by atoms with van der Waals surface area (Å²) in [6.45, 7) is 13.9. The van der Waals surface area contributed by atoms with E-state index in [1.807, 2.05) is 61.4 Å². The molecule has 0 spiro atoms. The van der Waals surface area contributed by atoms with E-state index in [0.29, 0.717) is 19.1 Å². The number of carboxylic acid groups (broad SMARTS) is 1. The third-order valence-electron chi connectivity index (χ3n) is 8.25. The Labute approximate surface area is 272 Å². The Morgan fingerprint density at radius 1 is 0.783 bits per heavy atom. The molecule has 0 radical (unpaired) electrons. The van der Waals surface area contributed by atoms with Crippen molar-refractivity contribution in [2.24, 2.45) is 0 Å². The molecule has 0 saturated heterocycles. The number of carboxylic acids is 1. The van der Waals surface area contributed by atoms with Crippen molar-refractivity contribution in [3.63, 3.8) is 0 Å². The number of carbonyl (C=O) groups is 2. The second-order valence-corrected chi connectivity index (χ2v) is 12.1. The number of rotatable bonds is 11. The molecule has 0 aliphatic heterocycles. The van der Waals surface area contributed by atoms with E-state index in [4.69, 9.17) is 4.74 Å². The van der Waals surface area contributed by atoms with Crippen molar-refractivity contribution in [3.05, 3.63) is 160 Å². The number of benzene rings is 4. The molecule has 4 aromatic carbocycles. The largest absolute Gasteiger partial charge is 0.545 e. The van der Waals surface area contributed by atoms with Crippen LogP contribution in [0.1, 0.15) is 92.9 Å². The second kappa shape index (κ2) is 16.0. The van der Waals surface area contributed by atoms with Gasteiger partial charge in [-0.2, -0.15) is 0 Å². The maximum atomic E-state index is 13.1. The summed E-state index contributed by atoms with van der Waals surface area (Å²) in [5, 5.41) is 10.1. The summed E-state index contributed by atoms with van der Waals surface area (Å²) in [5.41, 5.74) is 8.36. The average Bonchev–Trinajstić information content (AvgIpc) is 3.53. The van der Waals surface area contributed by atoms with Gasteiger partial charge in [-0.05, 0) is 67.0 Å². The molecular formula is C40H44N2O4. The van der Waals surface area contributed by atoms with Gasteiger partial charge in [-0.15, -0.1) is 0 Å². The molecule has 0 fully saturated rings. The van der Waals surface area contributed by atoms with Crippen LogP contribution in [0.5, 0.6) is 0 Å². The minimum atomic E-state index is -1.13. The van der Waals surface area contributed by atoms with Crippen LogP contribution < -0.4 is 9.67 Å². The Morgan fingerprint density at radius 2 is 1.43 bits per heavy atom. The quantitative estimate of drug-likeness (QED) is 0.116. The van der Waals surface area contributed by atoms with Crippen LogP contribution in [0.25, 0.3) is 0 Å². The molecule has 2 unspecified atom stereocenters. The van der Waals surface area contributed by atoms with Gasteiger partial charge < -0.3 is 14.6 Å². The summed E-state index contributed by atoms with van der Waals surface area (Å²) >= 11 is 0. The lowest BCUT2D eigenvalue weighted by Crippen LogP contribution is -2.36. The number of hydrogen-bond acceptors (Lipinski definition) is 4. The molecule has 0 bridgehead atoms. The van der Waals surface area contributed by atoms with Crippen molar-refractivity contribution >= 4 is 11.8 Å². The van der Waals surface area contributed by atoms with E-state index in [0.717, 1.165) is 11.1 Å². The first kappa shape index (κ1) is 34.1. The summed E-state index contributed by atoms with van der Waals surface area (Å²) < 4.78 is 10.7. The average molecular weight is 617 g/mol. The van der Waals surface area contributed by atoms with Crippen LogP contribution in [0.15, 0.2) is 116 Å². The summed E-state index contributed by atoms with van der Waals surface area (Å²) in [5.74, 6) is -0.628. The van der Waals surface area contributed by atoms with E-state index in [1.165, 1.54) is 39.9 Å². The van der Waals surface area contributed by atoms with Crippen LogP contribution in [-0.4, -0.2) is 16.3 Å². The maximum Gasteiger partial charge on any atom is 0.244 e.